The van der Waals surface area contributed by atoms with Crippen LogP contribution < -0.4 is 15.0 Å². The van der Waals surface area contributed by atoms with E-state index in [2.05, 4.69) is 44.4 Å². The number of hydrogen-bond donors (Lipinski definition) is 2. The summed E-state index contributed by atoms with van der Waals surface area (Å²) in [7, 11) is -3.79. The number of thiophene rings is 1. The molecule has 0 aliphatic heterocycles. The molecular weight excluding hydrogens is 528 g/mol. The fraction of sp³-hybridized carbons (Fsp3) is 0. The second kappa shape index (κ2) is 11.8. The van der Waals surface area contributed by atoms with Crippen molar-refractivity contribution in [3.05, 3.63) is 138 Å². The van der Waals surface area contributed by atoms with E-state index in [4.69, 9.17) is 0 Å². The molecule has 2 N–H and O–H groups in total. The largest absolute Gasteiger partial charge is 0.311 e. The van der Waals surface area contributed by atoms with E-state index < -0.39 is 15.9 Å². The third kappa shape index (κ3) is 6.23. The van der Waals surface area contributed by atoms with Crippen LogP contribution in [0, 0.1) is 0 Å². The van der Waals surface area contributed by atoms with Gasteiger partial charge in [-0.15, -0.1) is 11.3 Å². The first-order chi connectivity index (χ1) is 19.0. The number of carbonyl (C=O) groups is 1. The van der Waals surface area contributed by atoms with Gasteiger partial charge in [-0.05, 0) is 65.5 Å². The zero-order chi connectivity index (χ0) is 27.1. The monoisotopic (exact) mass is 552 g/mol. The van der Waals surface area contributed by atoms with Gasteiger partial charge in [-0.3, -0.25) is 9.52 Å². The van der Waals surface area contributed by atoms with Crippen LogP contribution in [0.1, 0.15) is 15.9 Å². The lowest BCUT2D eigenvalue weighted by atomic mass is 10.1. The van der Waals surface area contributed by atoms with Gasteiger partial charge in [-0.25, -0.2) is 13.8 Å². The number of anilines is 4. The van der Waals surface area contributed by atoms with E-state index in [1.165, 1.54) is 24.4 Å². The maximum Gasteiger partial charge on any atom is 0.273 e. The van der Waals surface area contributed by atoms with Crippen LogP contribution in [-0.2, 0) is 10.0 Å². The predicted octanol–water partition coefficient (Wildman–Crippen LogP) is 6.78. The maximum atomic E-state index is 12.8. The molecule has 0 spiro atoms. The number of carbonyl (C=O) groups excluding carboxylic acids is 1. The molecule has 0 aliphatic carbocycles. The fourth-order valence-electron chi connectivity index (χ4n) is 3.92. The molecule has 194 valence electrons. The van der Waals surface area contributed by atoms with Crippen molar-refractivity contribution in [3.8, 4) is 0 Å². The number of hydrazone groups is 1. The van der Waals surface area contributed by atoms with Crippen molar-refractivity contribution in [1.82, 2.24) is 5.43 Å². The average molecular weight is 553 g/mol. The second-order valence-electron chi connectivity index (χ2n) is 8.38. The number of para-hydroxylation sites is 3. The quantitative estimate of drug-likeness (QED) is 0.156. The lowest BCUT2D eigenvalue weighted by Gasteiger charge is -2.25. The summed E-state index contributed by atoms with van der Waals surface area (Å²) in [5.41, 5.74) is 6.64. The van der Waals surface area contributed by atoms with Crippen molar-refractivity contribution in [1.29, 1.82) is 0 Å². The third-order valence-electron chi connectivity index (χ3n) is 5.74. The Kier molecular flexibility index (Phi) is 7.81. The topological polar surface area (TPSA) is 90.9 Å². The highest BCUT2D eigenvalue weighted by Gasteiger charge is 2.19. The summed E-state index contributed by atoms with van der Waals surface area (Å²) >= 11 is 1.10. The van der Waals surface area contributed by atoms with Crippen molar-refractivity contribution < 1.29 is 13.2 Å². The molecule has 7 nitrogen and oxygen atoms in total. The normalized spacial score (nSPS) is 11.3. The molecule has 1 aromatic heterocycles. The van der Waals surface area contributed by atoms with E-state index in [9.17, 15) is 13.2 Å². The number of sulfonamides is 1. The molecule has 5 aromatic rings. The van der Waals surface area contributed by atoms with Gasteiger partial charge < -0.3 is 4.90 Å². The first-order valence-electron chi connectivity index (χ1n) is 12.0. The van der Waals surface area contributed by atoms with Gasteiger partial charge in [-0.2, -0.15) is 5.10 Å². The molecule has 0 radical (unpaired) electrons. The Labute approximate surface area is 231 Å². The minimum Gasteiger partial charge on any atom is -0.311 e. The molecule has 0 atom stereocenters. The predicted molar refractivity (Wildman–Crippen MR) is 158 cm³/mol. The maximum absolute atomic E-state index is 12.8. The molecule has 0 aliphatic rings. The van der Waals surface area contributed by atoms with E-state index in [-0.39, 0.29) is 15.5 Å². The van der Waals surface area contributed by atoms with Crippen molar-refractivity contribution in [3.63, 3.8) is 0 Å². The van der Waals surface area contributed by atoms with Crippen LogP contribution in [0.25, 0.3) is 0 Å². The van der Waals surface area contributed by atoms with E-state index in [1.54, 1.807) is 23.6 Å². The number of nitrogens with one attached hydrogen (secondary N) is 2. The standard InChI is InChI=1S/C30H24N4O3S2/c35-30(27-14-7-8-15-28(27)33-39(36,37)29-16-9-21-38-29)32-31-22-23-17-19-26(20-18-23)34(24-10-3-1-4-11-24)25-12-5-2-6-13-25/h1-22,33H,(H,32,35). The first-order valence-corrected chi connectivity index (χ1v) is 14.4. The van der Waals surface area contributed by atoms with Gasteiger partial charge in [0.25, 0.3) is 15.9 Å². The van der Waals surface area contributed by atoms with Crippen molar-refractivity contribution in [2.75, 3.05) is 9.62 Å². The average Bonchev–Trinajstić information content (AvgIpc) is 3.52. The van der Waals surface area contributed by atoms with Gasteiger partial charge in [-0.1, -0.05) is 66.7 Å². The molecule has 0 saturated carbocycles. The van der Waals surface area contributed by atoms with Crippen LogP contribution in [0.4, 0.5) is 22.7 Å². The molecule has 9 heteroatoms. The summed E-state index contributed by atoms with van der Waals surface area (Å²) in [5.74, 6) is -0.535. The molecule has 0 fully saturated rings. The number of benzene rings is 4. The Hall–Kier alpha value is -4.73. The molecule has 1 amide bonds. The SMILES string of the molecule is O=C(NN=Cc1ccc(N(c2ccccc2)c2ccccc2)cc1)c1ccccc1NS(=O)(=O)c1cccs1. The molecular formula is C30H24N4O3S2. The summed E-state index contributed by atoms with van der Waals surface area (Å²) in [6, 6.07) is 37.5. The lowest BCUT2D eigenvalue weighted by Crippen LogP contribution is -2.21. The van der Waals surface area contributed by atoms with E-state index >= 15 is 0 Å². The summed E-state index contributed by atoms with van der Waals surface area (Å²) in [6.45, 7) is 0. The Morgan fingerprint density at radius 1 is 0.718 bits per heavy atom. The number of hydrogen-bond acceptors (Lipinski definition) is 6. The van der Waals surface area contributed by atoms with Crippen molar-refractivity contribution in [2.24, 2.45) is 5.10 Å². The molecule has 5 rings (SSSR count). The number of nitrogens with zero attached hydrogens (tertiary/aromatic N) is 2. The molecule has 0 unspecified atom stereocenters. The number of amides is 1. The van der Waals surface area contributed by atoms with Gasteiger partial charge >= 0.3 is 0 Å². The zero-order valence-corrected chi connectivity index (χ0v) is 22.3. The van der Waals surface area contributed by atoms with Gasteiger partial charge in [0, 0.05) is 17.1 Å². The Balaban J connectivity index is 1.30. The summed E-state index contributed by atoms with van der Waals surface area (Å²) in [6.07, 6.45) is 1.54. The van der Waals surface area contributed by atoms with Crippen LogP contribution in [0.3, 0.4) is 0 Å². The molecule has 1 heterocycles. The highest BCUT2D eigenvalue weighted by molar-refractivity contribution is 7.94. The Morgan fingerprint density at radius 3 is 1.92 bits per heavy atom. The first kappa shape index (κ1) is 25.9. The minimum absolute atomic E-state index is 0.159. The Bertz CT molecular complexity index is 1630. The van der Waals surface area contributed by atoms with Crippen molar-refractivity contribution >= 4 is 56.2 Å². The highest BCUT2D eigenvalue weighted by Crippen LogP contribution is 2.34. The molecule has 0 saturated heterocycles. The second-order valence-corrected chi connectivity index (χ2v) is 11.2. The zero-order valence-electron chi connectivity index (χ0n) is 20.6. The highest BCUT2D eigenvalue weighted by atomic mass is 32.2. The smallest absolute Gasteiger partial charge is 0.273 e. The molecule has 39 heavy (non-hydrogen) atoms. The Morgan fingerprint density at radius 2 is 1.31 bits per heavy atom. The van der Waals surface area contributed by atoms with Crippen LogP contribution in [0.2, 0.25) is 0 Å². The summed E-state index contributed by atoms with van der Waals surface area (Å²) in [4.78, 5) is 15.0. The van der Waals surface area contributed by atoms with Gasteiger partial charge in [0.2, 0.25) is 0 Å². The summed E-state index contributed by atoms with van der Waals surface area (Å²) in [5, 5.41) is 5.76. The fourth-order valence-corrected chi connectivity index (χ4v) is 5.99. The van der Waals surface area contributed by atoms with E-state index in [1.807, 2.05) is 60.7 Å². The third-order valence-corrected chi connectivity index (χ3v) is 8.50. The van der Waals surface area contributed by atoms with E-state index in [0.717, 1.165) is 34.0 Å². The number of rotatable bonds is 9. The lowest BCUT2D eigenvalue weighted by molar-refractivity contribution is 0.0956. The van der Waals surface area contributed by atoms with Gasteiger partial charge in [0.05, 0.1) is 17.5 Å². The summed E-state index contributed by atoms with van der Waals surface area (Å²) < 4.78 is 27.9. The van der Waals surface area contributed by atoms with Crippen LogP contribution >= 0.6 is 11.3 Å². The van der Waals surface area contributed by atoms with E-state index in [0.29, 0.717) is 0 Å². The molecule has 0 bridgehead atoms. The van der Waals surface area contributed by atoms with Crippen LogP contribution in [0.5, 0.6) is 0 Å². The van der Waals surface area contributed by atoms with Crippen LogP contribution in [0.15, 0.2) is 136 Å². The van der Waals surface area contributed by atoms with Gasteiger partial charge in [0.15, 0.2) is 0 Å². The van der Waals surface area contributed by atoms with Crippen LogP contribution in [-0.4, -0.2) is 20.5 Å². The minimum atomic E-state index is -3.79. The molecule has 4 aromatic carbocycles. The van der Waals surface area contributed by atoms with Gasteiger partial charge in [0.1, 0.15) is 4.21 Å². The van der Waals surface area contributed by atoms with Crippen molar-refractivity contribution in [2.45, 2.75) is 4.21 Å².